The Balaban J connectivity index is 2.93. The lowest BCUT2D eigenvalue weighted by atomic mass is 10.4. The molecule has 0 aliphatic heterocycles. The minimum atomic E-state index is 0.712. The minimum Gasteiger partial charge on any atom is -0.398 e. The van der Waals surface area contributed by atoms with Crippen LogP contribution in [0.1, 0.15) is 0 Å². The number of halogens is 1. The van der Waals surface area contributed by atoms with E-state index in [0.29, 0.717) is 5.69 Å². The van der Waals surface area contributed by atoms with Gasteiger partial charge in [-0.05, 0) is 22.0 Å². The molecule has 56 valence electrons. The van der Waals surface area contributed by atoms with Gasteiger partial charge in [0, 0.05) is 18.6 Å². The lowest BCUT2D eigenvalue weighted by molar-refractivity contribution is 1.18. The van der Waals surface area contributed by atoms with E-state index in [2.05, 4.69) is 20.9 Å². The molecule has 2 heterocycles. The fourth-order valence-corrected chi connectivity index (χ4v) is 1.41. The lowest BCUT2D eigenvalue weighted by Crippen LogP contribution is -1.90. The van der Waals surface area contributed by atoms with Gasteiger partial charge in [-0.1, -0.05) is 0 Å². The molecule has 0 unspecified atom stereocenters. The van der Waals surface area contributed by atoms with E-state index in [1.807, 2.05) is 22.9 Å². The van der Waals surface area contributed by atoms with Gasteiger partial charge in [-0.25, -0.2) is 4.98 Å². The molecule has 11 heavy (non-hydrogen) atoms. The molecule has 0 aromatic carbocycles. The molecule has 2 aromatic rings. The first-order valence-electron chi connectivity index (χ1n) is 3.15. The van der Waals surface area contributed by atoms with Crippen molar-refractivity contribution in [2.45, 2.75) is 0 Å². The van der Waals surface area contributed by atoms with Crippen LogP contribution in [0.2, 0.25) is 0 Å². The highest BCUT2D eigenvalue weighted by molar-refractivity contribution is 9.10. The monoisotopic (exact) mass is 211 g/mol. The molecule has 0 amide bonds. The Hall–Kier alpha value is -1.03. The van der Waals surface area contributed by atoms with Gasteiger partial charge >= 0.3 is 0 Å². The zero-order chi connectivity index (χ0) is 7.84. The number of hydrogen-bond acceptors (Lipinski definition) is 2. The predicted molar refractivity (Wildman–Crippen MR) is 47.3 cm³/mol. The summed E-state index contributed by atoms with van der Waals surface area (Å²) in [5.41, 5.74) is 7.21. The third-order valence-corrected chi connectivity index (χ3v) is 2.35. The van der Waals surface area contributed by atoms with Crippen LogP contribution in [-0.2, 0) is 0 Å². The fourth-order valence-electron chi connectivity index (χ4n) is 0.966. The Labute approximate surface area is 72.0 Å². The van der Waals surface area contributed by atoms with Crippen molar-refractivity contribution >= 4 is 27.3 Å². The number of nitrogen functional groups attached to an aromatic ring is 1. The van der Waals surface area contributed by atoms with E-state index >= 15 is 0 Å². The predicted octanol–water partition coefficient (Wildman–Crippen LogP) is 1.68. The average molecular weight is 212 g/mol. The van der Waals surface area contributed by atoms with Gasteiger partial charge in [0.15, 0.2) is 5.65 Å². The van der Waals surface area contributed by atoms with E-state index in [4.69, 9.17) is 5.73 Å². The standard InChI is InChI=1S/C7H6BrN3/c8-6-5(9)1-3-11-4-2-10-7(6)11/h1-4H,9H2. The van der Waals surface area contributed by atoms with Crippen LogP contribution in [0.5, 0.6) is 0 Å². The molecule has 0 fully saturated rings. The fraction of sp³-hybridized carbons (Fsp3) is 0. The van der Waals surface area contributed by atoms with Crippen LogP contribution in [0.4, 0.5) is 5.69 Å². The number of aromatic nitrogens is 2. The number of nitrogens with zero attached hydrogens (tertiary/aromatic N) is 2. The molecule has 0 saturated heterocycles. The van der Waals surface area contributed by atoms with Crippen molar-refractivity contribution in [1.29, 1.82) is 0 Å². The first-order chi connectivity index (χ1) is 5.29. The molecule has 2 aromatic heterocycles. The van der Waals surface area contributed by atoms with Crippen LogP contribution in [0.3, 0.4) is 0 Å². The smallest absolute Gasteiger partial charge is 0.153 e. The van der Waals surface area contributed by atoms with E-state index in [9.17, 15) is 0 Å². The van der Waals surface area contributed by atoms with Crippen LogP contribution in [0, 0.1) is 0 Å². The molecule has 0 saturated carbocycles. The summed E-state index contributed by atoms with van der Waals surface area (Å²) in [6, 6.07) is 1.83. The van der Waals surface area contributed by atoms with E-state index in [0.717, 1.165) is 10.1 Å². The van der Waals surface area contributed by atoms with Crippen molar-refractivity contribution in [3.63, 3.8) is 0 Å². The number of hydrogen-bond donors (Lipinski definition) is 1. The van der Waals surface area contributed by atoms with Crippen LogP contribution >= 0.6 is 15.9 Å². The summed E-state index contributed by atoms with van der Waals surface area (Å²) in [7, 11) is 0. The largest absolute Gasteiger partial charge is 0.398 e. The highest BCUT2D eigenvalue weighted by atomic mass is 79.9. The molecule has 2 N–H and O–H groups in total. The van der Waals surface area contributed by atoms with E-state index in [1.165, 1.54) is 0 Å². The first-order valence-corrected chi connectivity index (χ1v) is 3.95. The Morgan fingerprint density at radius 2 is 2.27 bits per heavy atom. The summed E-state index contributed by atoms with van der Waals surface area (Å²) in [4.78, 5) is 4.12. The molecule has 0 radical (unpaired) electrons. The normalized spacial score (nSPS) is 10.6. The molecule has 3 nitrogen and oxygen atoms in total. The van der Waals surface area contributed by atoms with Crippen LogP contribution in [0.25, 0.3) is 5.65 Å². The van der Waals surface area contributed by atoms with Gasteiger partial charge in [-0.3, -0.25) is 0 Å². The Morgan fingerprint density at radius 3 is 3.09 bits per heavy atom. The van der Waals surface area contributed by atoms with E-state index < -0.39 is 0 Å². The van der Waals surface area contributed by atoms with Crippen molar-refractivity contribution in [2.24, 2.45) is 0 Å². The van der Waals surface area contributed by atoms with Crippen LogP contribution < -0.4 is 5.73 Å². The van der Waals surface area contributed by atoms with Crippen molar-refractivity contribution < 1.29 is 0 Å². The number of pyridine rings is 1. The van der Waals surface area contributed by atoms with Gasteiger partial charge in [-0.2, -0.15) is 0 Å². The van der Waals surface area contributed by atoms with Gasteiger partial charge in [-0.15, -0.1) is 0 Å². The summed E-state index contributed by atoms with van der Waals surface area (Å²) in [5.74, 6) is 0. The van der Waals surface area contributed by atoms with Crippen molar-refractivity contribution in [1.82, 2.24) is 9.38 Å². The zero-order valence-electron chi connectivity index (χ0n) is 5.66. The number of imidazole rings is 1. The maximum absolute atomic E-state index is 5.64. The quantitative estimate of drug-likeness (QED) is 0.721. The molecule has 0 bridgehead atoms. The average Bonchev–Trinajstić information content (AvgIpc) is 2.45. The molecule has 4 heteroatoms. The van der Waals surface area contributed by atoms with Gasteiger partial charge in [0.2, 0.25) is 0 Å². The first kappa shape index (κ1) is 6.67. The second-order valence-electron chi connectivity index (χ2n) is 2.24. The van der Waals surface area contributed by atoms with Gasteiger partial charge < -0.3 is 10.1 Å². The molecule has 0 spiro atoms. The Bertz CT molecular complexity index is 393. The molecule has 0 aliphatic rings. The van der Waals surface area contributed by atoms with Crippen LogP contribution in [-0.4, -0.2) is 9.38 Å². The van der Waals surface area contributed by atoms with Crippen molar-refractivity contribution in [3.8, 4) is 0 Å². The SMILES string of the molecule is Nc1ccn2ccnc2c1Br. The number of nitrogens with two attached hydrogens (primary N) is 1. The third-order valence-electron chi connectivity index (χ3n) is 1.53. The Morgan fingerprint density at radius 1 is 1.45 bits per heavy atom. The summed E-state index contributed by atoms with van der Waals surface area (Å²) < 4.78 is 2.76. The van der Waals surface area contributed by atoms with Gasteiger partial charge in [0.1, 0.15) is 0 Å². The molecule has 0 atom stereocenters. The lowest BCUT2D eigenvalue weighted by Gasteiger charge is -1.98. The topological polar surface area (TPSA) is 43.3 Å². The molecular formula is C7H6BrN3. The second-order valence-corrected chi connectivity index (χ2v) is 3.04. The van der Waals surface area contributed by atoms with Gasteiger partial charge in [0.05, 0.1) is 10.2 Å². The molecule has 2 rings (SSSR count). The minimum absolute atomic E-state index is 0.712. The molecule has 0 aliphatic carbocycles. The Kier molecular flexibility index (Phi) is 1.35. The maximum Gasteiger partial charge on any atom is 0.153 e. The number of fused-ring (bicyclic) bond motifs is 1. The summed E-state index contributed by atoms with van der Waals surface area (Å²) >= 11 is 3.35. The summed E-state index contributed by atoms with van der Waals surface area (Å²) in [6.45, 7) is 0. The van der Waals surface area contributed by atoms with Crippen LogP contribution in [0.15, 0.2) is 29.1 Å². The summed E-state index contributed by atoms with van der Waals surface area (Å²) in [5, 5.41) is 0. The van der Waals surface area contributed by atoms with E-state index in [-0.39, 0.29) is 0 Å². The second kappa shape index (κ2) is 2.23. The van der Waals surface area contributed by atoms with Crippen molar-refractivity contribution in [3.05, 3.63) is 29.1 Å². The summed E-state index contributed by atoms with van der Waals surface area (Å²) in [6.07, 6.45) is 5.49. The third kappa shape index (κ3) is 0.903. The molecular weight excluding hydrogens is 206 g/mol. The van der Waals surface area contributed by atoms with Crippen molar-refractivity contribution in [2.75, 3.05) is 5.73 Å². The highest BCUT2D eigenvalue weighted by Crippen LogP contribution is 2.22. The number of rotatable bonds is 0. The number of anilines is 1. The highest BCUT2D eigenvalue weighted by Gasteiger charge is 2.01. The zero-order valence-corrected chi connectivity index (χ0v) is 7.25. The van der Waals surface area contributed by atoms with E-state index in [1.54, 1.807) is 6.20 Å². The van der Waals surface area contributed by atoms with Gasteiger partial charge in [0.25, 0.3) is 0 Å². The maximum atomic E-state index is 5.64.